The number of anilines is 2. The van der Waals surface area contributed by atoms with Gasteiger partial charge in [0.25, 0.3) is 0 Å². The monoisotopic (exact) mass is 406 g/mol. The fourth-order valence-electron chi connectivity index (χ4n) is 3.71. The van der Waals surface area contributed by atoms with Crippen molar-refractivity contribution < 1.29 is 9.21 Å². The fraction of sp³-hybridized carbons (Fsp3) is 0.304. The Morgan fingerprint density at radius 3 is 2.57 bits per heavy atom. The zero-order chi connectivity index (χ0) is 20.9. The van der Waals surface area contributed by atoms with Gasteiger partial charge in [0.05, 0.1) is 0 Å². The van der Waals surface area contributed by atoms with Gasteiger partial charge in [-0.05, 0) is 30.7 Å². The molecule has 1 aliphatic rings. The van der Waals surface area contributed by atoms with Gasteiger partial charge < -0.3 is 14.6 Å². The van der Waals surface area contributed by atoms with Crippen molar-refractivity contribution in [1.82, 2.24) is 10.4 Å². The Morgan fingerprint density at radius 1 is 1.03 bits per heavy atom. The fourth-order valence-corrected chi connectivity index (χ4v) is 3.71. The minimum absolute atomic E-state index is 0.172. The first-order valence-electron chi connectivity index (χ1n) is 10.2. The molecular weight excluding hydrogens is 380 g/mol. The number of para-hydroxylation sites is 2. The van der Waals surface area contributed by atoms with Crippen LogP contribution in [0.1, 0.15) is 12.0 Å². The molecule has 0 unspecified atom stereocenters. The Balaban J connectivity index is 1.23. The second-order valence-corrected chi connectivity index (χ2v) is 7.45. The van der Waals surface area contributed by atoms with Gasteiger partial charge in [-0.3, -0.25) is 10.2 Å². The lowest BCUT2D eigenvalue weighted by Gasteiger charge is -2.36. The second-order valence-electron chi connectivity index (χ2n) is 7.45. The summed E-state index contributed by atoms with van der Waals surface area (Å²) < 4.78 is 5.25. The van der Waals surface area contributed by atoms with Crippen LogP contribution in [0.2, 0.25) is 0 Å². The lowest BCUT2D eigenvalue weighted by molar-refractivity contribution is -0.116. The van der Waals surface area contributed by atoms with Crippen LogP contribution >= 0.6 is 0 Å². The Hall–Kier alpha value is -3.16. The molecule has 2 N–H and O–H groups in total. The van der Waals surface area contributed by atoms with Crippen LogP contribution in [0.4, 0.5) is 11.4 Å². The third-order valence-electron chi connectivity index (χ3n) is 5.34. The van der Waals surface area contributed by atoms with E-state index < -0.39 is 5.63 Å². The lowest BCUT2D eigenvalue weighted by Crippen LogP contribution is -2.52. The van der Waals surface area contributed by atoms with Crippen LogP contribution in [0.3, 0.4) is 0 Å². The standard InChI is InChI=1S/C23H26N4O3/c1-17-6-2-4-8-20(17)26-12-14-27(15-13-26)24-11-10-22(28)25-19-16-18-7-3-5-9-21(18)30-23(19)29/h2-9,16,24H,10-15H2,1H3,(H,25,28). The van der Waals surface area contributed by atoms with E-state index in [-0.39, 0.29) is 18.0 Å². The van der Waals surface area contributed by atoms with Crippen LogP contribution in [-0.4, -0.2) is 43.6 Å². The molecule has 7 nitrogen and oxygen atoms in total. The zero-order valence-corrected chi connectivity index (χ0v) is 17.1. The van der Waals surface area contributed by atoms with Crippen LogP contribution in [-0.2, 0) is 4.79 Å². The van der Waals surface area contributed by atoms with Gasteiger partial charge in [0.15, 0.2) is 0 Å². The Kier molecular flexibility index (Phi) is 6.11. The predicted molar refractivity (Wildman–Crippen MR) is 119 cm³/mol. The van der Waals surface area contributed by atoms with E-state index in [1.165, 1.54) is 11.3 Å². The van der Waals surface area contributed by atoms with Crippen molar-refractivity contribution in [2.75, 3.05) is 42.9 Å². The summed E-state index contributed by atoms with van der Waals surface area (Å²) in [5.41, 5.74) is 6.02. The number of benzene rings is 2. The van der Waals surface area contributed by atoms with Crippen LogP contribution in [0.25, 0.3) is 11.0 Å². The number of hydrogen-bond donors (Lipinski definition) is 2. The number of amides is 1. The molecule has 2 aromatic carbocycles. The number of hydrogen-bond acceptors (Lipinski definition) is 6. The lowest BCUT2D eigenvalue weighted by atomic mass is 10.1. The molecule has 2 heterocycles. The van der Waals surface area contributed by atoms with Crippen molar-refractivity contribution in [1.29, 1.82) is 0 Å². The summed E-state index contributed by atoms with van der Waals surface area (Å²) in [6, 6.07) is 17.3. The second kappa shape index (κ2) is 9.11. The molecule has 7 heteroatoms. The number of rotatable bonds is 6. The summed E-state index contributed by atoms with van der Waals surface area (Å²) in [4.78, 5) is 26.7. The molecule has 4 rings (SSSR count). The molecule has 0 saturated carbocycles. The number of carbonyl (C=O) groups is 1. The van der Waals surface area contributed by atoms with E-state index in [2.05, 4.69) is 51.8 Å². The summed E-state index contributed by atoms with van der Waals surface area (Å²) in [6.45, 7) is 6.27. The number of nitrogens with one attached hydrogen (secondary N) is 2. The first kappa shape index (κ1) is 20.1. The smallest absolute Gasteiger partial charge is 0.360 e. The summed E-state index contributed by atoms with van der Waals surface area (Å²) in [6.07, 6.45) is 0.268. The minimum atomic E-state index is -0.540. The maximum Gasteiger partial charge on any atom is 0.360 e. The van der Waals surface area contributed by atoms with Gasteiger partial charge in [0.1, 0.15) is 11.3 Å². The SMILES string of the molecule is Cc1ccccc1N1CCN(NCCC(=O)Nc2cc3ccccc3oc2=O)CC1. The van der Waals surface area contributed by atoms with Crippen LogP contribution < -0.4 is 21.3 Å². The first-order chi connectivity index (χ1) is 14.6. The Bertz CT molecular complexity index is 1090. The number of fused-ring (bicyclic) bond motifs is 1. The quantitative estimate of drug-likeness (QED) is 0.613. The van der Waals surface area contributed by atoms with Crippen molar-refractivity contribution in [2.24, 2.45) is 0 Å². The highest BCUT2D eigenvalue weighted by molar-refractivity contribution is 5.92. The molecule has 0 radical (unpaired) electrons. The van der Waals surface area contributed by atoms with Crippen molar-refractivity contribution >= 4 is 28.3 Å². The molecule has 0 bridgehead atoms. The third kappa shape index (κ3) is 4.69. The third-order valence-corrected chi connectivity index (χ3v) is 5.34. The van der Waals surface area contributed by atoms with E-state index in [0.29, 0.717) is 12.1 Å². The van der Waals surface area contributed by atoms with Crippen molar-refractivity contribution in [2.45, 2.75) is 13.3 Å². The molecule has 1 saturated heterocycles. The van der Waals surface area contributed by atoms with Gasteiger partial charge in [-0.1, -0.05) is 36.4 Å². The van der Waals surface area contributed by atoms with E-state index in [4.69, 9.17) is 4.42 Å². The summed E-state index contributed by atoms with van der Waals surface area (Å²) >= 11 is 0. The molecule has 1 aliphatic heterocycles. The molecule has 1 amide bonds. The maximum absolute atomic E-state index is 12.3. The largest absolute Gasteiger partial charge is 0.421 e. The zero-order valence-electron chi connectivity index (χ0n) is 17.1. The highest BCUT2D eigenvalue weighted by Crippen LogP contribution is 2.20. The minimum Gasteiger partial charge on any atom is -0.421 e. The van der Waals surface area contributed by atoms with E-state index >= 15 is 0 Å². The van der Waals surface area contributed by atoms with E-state index in [0.717, 1.165) is 31.6 Å². The topological polar surface area (TPSA) is 77.8 Å². The maximum atomic E-state index is 12.3. The highest BCUT2D eigenvalue weighted by atomic mass is 16.4. The van der Waals surface area contributed by atoms with Gasteiger partial charge in [-0.15, -0.1) is 0 Å². The van der Waals surface area contributed by atoms with E-state index in [9.17, 15) is 9.59 Å². The van der Waals surface area contributed by atoms with Gasteiger partial charge in [0.2, 0.25) is 5.91 Å². The number of hydrazine groups is 1. The first-order valence-corrected chi connectivity index (χ1v) is 10.2. The number of nitrogens with zero attached hydrogens (tertiary/aromatic N) is 2. The van der Waals surface area contributed by atoms with Gasteiger partial charge in [-0.25, -0.2) is 9.80 Å². The molecule has 30 heavy (non-hydrogen) atoms. The van der Waals surface area contributed by atoms with Crippen molar-refractivity contribution in [3.63, 3.8) is 0 Å². The Morgan fingerprint density at radius 2 is 1.77 bits per heavy atom. The van der Waals surface area contributed by atoms with E-state index in [1.807, 2.05) is 12.1 Å². The normalized spacial score (nSPS) is 14.8. The summed E-state index contributed by atoms with van der Waals surface area (Å²) in [5.74, 6) is -0.219. The summed E-state index contributed by atoms with van der Waals surface area (Å²) in [5, 5.41) is 5.58. The van der Waals surface area contributed by atoms with Crippen molar-refractivity contribution in [3.05, 3.63) is 70.6 Å². The van der Waals surface area contributed by atoms with Gasteiger partial charge in [0, 0.05) is 50.2 Å². The van der Waals surface area contributed by atoms with E-state index in [1.54, 1.807) is 18.2 Å². The number of aryl methyl sites for hydroxylation is 1. The average Bonchev–Trinajstić information content (AvgIpc) is 2.75. The van der Waals surface area contributed by atoms with Crippen LogP contribution in [0.15, 0.2) is 63.8 Å². The number of piperazine rings is 1. The average molecular weight is 406 g/mol. The van der Waals surface area contributed by atoms with Crippen LogP contribution in [0.5, 0.6) is 0 Å². The van der Waals surface area contributed by atoms with Gasteiger partial charge in [-0.2, -0.15) is 0 Å². The molecule has 0 aliphatic carbocycles. The van der Waals surface area contributed by atoms with Crippen molar-refractivity contribution in [3.8, 4) is 0 Å². The highest BCUT2D eigenvalue weighted by Gasteiger charge is 2.18. The molecule has 1 fully saturated rings. The molecule has 1 aromatic heterocycles. The summed E-state index contributed by atoms with van der Waals surface area (Å²) in [7, 11) is 0. The molecule has 3 aromatic rings. The Labute approximate surface area is 175 Å². The molecule has 156 valence electrons. The molecule has 0 spiro atoms. The predicted octanol–water partition coefficient (Wildman–Crippen LogP) is 2.76. The molecular formula is C23H26N4O3. The molecule has 0 atom stereocenters. The van der Waals surface area contributed by atoms with Gasteiger partial charge >= 0.3 is 5.63 Å². The number of carbonyl (C=O) groups excluding carboxylic acids is 1. The van der Waals surface area contributed by atoms with Crippen LogP contribution in [0, 0.1) is 6.92 Å².